The third kappa shape index (κ3) is 4.05. The number of hydrogen-bond donors (Lipinski definition) is 1. The van der Waals surface area contributed by atoms with Crippen LogP contribution >= 0.6 is 11.8 Å². The SMILES string of the molecule is CN(CCNC(=O)N1CCSC(C)(C)C1)C1CC1. The largest absolute Gasteiger partial charge is 0.337 e. The van der Waals surface area contributed by atoms with E-state index in [2.05, 4.69) is 31.1 Å². The quantitative estimate of drug-likeness (QED) is 0.844. The van der Waals surface area contributed by atoms with Gasteiger partial charge in [0.1, 0.15) is 0 Å². The molecule has 104 valence electrons. The molecule has 0 aromatic heterocycles. The minimum atomic E-state index is 0.104. The summed E-state index contributed by atoms with van der Waals surface area (Å²) in [7, 11) is 2.14. The second kappa shape index (κ2) is 5.70. The summed E-state index contributed by atoms with van der Waals surface area (Å²) in [6.45, 7) is 7.86. The molecule has 1 aliphatic carbocycles. The van der Waals surface area contributed by atoms with Crippen LogP contribution in [0, 0.1) is 0 Å². The van der Waals surface area contributed by atoms with Crippen LogP contribution in [-0.4, -0.2) is 65.6 Å². The minimum Gasteiger partial charge on any atom is -0.337 e. The van der Waals surface area contributed by atoms with Crippen molar-refractivity contribution in [1.82, 2.24) is 15.1 Å². The summed E-state index contributed by atoms with van der Waals surface area (Å²) in [5.41, 5.74) is 0. The molecule has 0 atom stereocenters. The molecule has 0 unspecified atom stereocenters. The van der Waals surface area contributed by atoms with E-state index in [1.54, 1.807) is 0 Å². The zero-order valence-corrected chi connectivity index (χ0v) is 12.6. The lowest BCUT2D eigenvalue weighted by atomic mass is 10.2. The Morgan fingerprint density at radius 1 is 1.50 bits per heavy atom. The summed E-state index contributed by atoms with van der Waals surface area (Å²) in [6.07, 6.45) is 2.64. The van der Waals surface area contributed by atoms with Gasteiger partial charge in [0.05, 0.1) is 0 Å². The van der Waals surface area contributed by atoms with Gasteiger partial charge >= 0.3 is 6.03 Å². The predicted molar refractivity (Wildman–Crippen MR) is 77.2 cm³/mol. The van der Waals surface area contributed by atoms with E-state index in [1.165, 1.54) is 12.8 Å². The van der Waals surface area contributed by atoms with E-state index in [4.69, 9.17) is 0 Å². The zero-order valence-electron chi connectivity index (χ0n) is 11.7. The number of nitrogens with one attached hydrogen (secondary N) is 1. The molecule has 1 saturated carbocycles. The lowest BCUT2D eigenvalue weighted by Gasteiger charge is -2.37. The van der Waals surface area contributed by atoms with E-state index in [9.17, 15) is 4.79 Å². The zero-order chi connectivity index (χ0) is 13.2. The maximum atomic E-state index is 12.0. The van der Waals surface area contributed by atoms with Gasteiger partial charge in [0.15, 0.2) is 0 Å². The second-order valence-corrected chi connectivity index (χ2v) is 7.78. The first-order chi connectivity index (χ1) is 8.48. The van der Waals surface area contributed by atoms with Gasteiger partial charge in [0, 0.05) is 42.7 Å². The van der Waals surface area contributed by atoms with Crippen LogP contribution in [0.15, 0.2) is 0 Å². The molecule has 5 heteroatoms. The number of likely N-dealkylation sites (N-methyl/N-ethyl adjacent to an activating group) is 1. The Hall–Kier alpha value is -0.420. The first-order valence-corrected chi connectivity index (χ1v) is 7.83. The molecule has 1 aliphatic heterocycles. The van der Waals surface area contributed by atoms with Crippen molar-refractivity contribution in [2.45, 2.75) is 37.5 Å². The van der Waals surface area contributed by atoms with E-state index in [0.717, 1.165) is 38.0 Å². The normalized spacial score (nSPS) is 23.2. The smallest absolute Gasteiger partial charge is 0.317 e. The number of amides is 2. The molecule has 2 fully saturated rings. The van der Waals surface area contributed by atoms with Gasteiger partial charge in [-0.05, 0) is 33.7 Å². The maximum Gasteiger partial charge on any atom is 0.317 e. The third-order valence-electron chi connectivity index (χ3n) is 3.62. The summed E-state index contributed by atoms with van der Waals surface area (Å²) in [6, 6.07) is 0.875. The third-order valence-corrected chi connectivity index (χ3v) is 4.92. The summed E-state index contributed by atoms with van der Waals surface area (Å²) >= 11 is 1.95. The summed E-state index contributed by atoms with van der Waals surface area (Å²) in [5.74, 6) is 1.04. The van der Waals surface area contributed by atoms with Crippen LogP contribution in [0.1, 0.15) is 26.7 Å². The van der Waals surface area contributed by atoms with Gasteiger partial charge in [-0.3, -0.25) is 0 Å². The fourth-order valence-corrected chi connectivity index (χ4v) is 3.45. The van der Waals surface area contributed by atoms with Crippen LogP contribution in [0.2, 0.25) is 0 Å². The highest BCUT2D eigenvalue weighted by atomic mass is 32.2. The lowest BCUT2D eigenvalue weighted by Crippen LogP contribution is -2.51. The van der Waals surface area contributed by atoms with E-state index in [0.29, 0.717) is 0 Å². The number of nitrogens with zero attached hydrogens (tertiary/aromatic N) is 2. The summed E-state index contributed by atoms with van der Waals surface area (Å²) in [5, 5.41) is 3.04. The fraction of sp³-hybridized carbons (Fsp3) is 0.923. The Kier molecular flexibility index (Phi) is 4.43. The number of urea groups is 1. The highest BCUT2D eigenvalue weighted by Crippen LogP contribution is 2.29. The van der Waals surface area contributed by atoms with Crippen molar-refractivity contribution >= 4 is 17.8 Å². The van der Waals surface area contributed by atoms with E-state index in [1.807, 2.05) is 16.7 Å². The van der Waals surface area contributed by atoms with Crippen molar-refractivity contribution in [3.05, 3.63) is 0 Å². The number of carbonyl (C=O) groups excluding carboxylic acids is 1. The van der Waals surface area contributed by atoms with Gasteiger partial charge in [0.25, 0.3) is 0 Å². The highest BCUT2D eigenvalue weighted by Gasteiger charge is 2.30. The van der Waals surface area contributed by atoms with Crippen molar-refractivity contribution in [3.63, 3.8) is 0 Å². The summed E-state index contributed by atoms with van der Waals surface area (Å²) in [4.78, 5) is 16.3. The molecule has 2 rings (SSSR count). The van der Waals surface area contributed by atoms with Crippen LogP contribution in [0.25, 0.3) is 0 Å². The Balaban J connectivity index is 1.67. The molecular weight excluding hydrogens is 246 g/mol. The Morgan fingerprint density at radius 3 is 2.83 bits per heavy atom. The molecule has 0 aromatic rings. The molecular formula is C13H25N3OS. The van der Waals surface area contributed by atoms with E-state index in [-0.39, 0.29) is 10.8 Å². The average molecular weight is 271 g/mol. The maximum absolute atomic E-state index is 12.0. The van der Waals surface area contributed by atoms with Gasteiger partial charge in [0.2, 0.25) is 0 Å². The number of rotatable bonds is 4. The minimum absolute atomic E-state index is 0.104. The highest BCUT2D eigenvalue weighted by molar-refractivity contribution is 8.00. The first kappa shape index (κ1) is 14.0. The van der Waals surface area contributed by atoms with E-state index >= 15 is 0 Å². The summed E-state index contributed by atoms with van der Waals surface area (Å²) < 4.78 is 0.195. The van der Waals surface area contributed by atoms with Crippen molar-refractivity contribution in [1.29, 1.82) is 0 Å². The topological polar surface area (TPSA) is 35.6 Å². The fourth-order valence-electron chi connectivity index (χ4n) is 2.34. The van der Waals surface area contributed by atoms with Crippen LogP contribution in [-0.2, 0) is 0 Å². The van der Waals surface area contributed by atoms with Crippen LogP contribution in [0.5, 0.6) is 0 Å². The molecule has 0 radical (unpaired) electrons. The number of hydrogen-bond acceptors (Lipinski definition) is 3. The Labute approximate surface area is 114 Å². The molecule has 2 aliphatic rings. The van der Waals surface area contributed by atoms with Crippen molar-refractivity contribution in [2.24, 2.45) is 0 Å². The average Bonchev–Trinajstić information content (AvgIpc) is 3.11. The molecule has 1 heterocycles. The molecule has 18 heavy (non-hydrogen) atoms. The Bertz CT molecular complexity index is 305. The first-order valence-electron chi connectivity index (χ1n) is 6.85. The monoisotopic (exact) mass is 271 g/mol. The van der Waals surface area contributed by atoms with Crippen LogP contribution < -0.4 is 5.32 Å². The predicted octanol–water partition coefficient (Wildman–Crippen LogP) is 1.62. The van der Waals surface area contributed by atoms with Crippen molar-refractivity contribution in [3.8, 4) is 0 Å². The molecule has 0 bridgehead atoms. The number of thioether (sulfide) groups is 1. The van der Waals surface area contributed by atoms with Crippen LogP contribution in [0.4, 0.5) is 4.79 Å². The molecule has 0 spiro atoms. The van der Waals surface area contributed by atoms with Gasteiger partial charge in [-0.2, -0.15) is 11.8 Å². The molecule has 4 nitrogen and oxygen atoms in total. The molecule has 0 aromatic carbocycles. The molecule has 2 amide bonds. The molecule has 1 saturated heterocycles. The number of carbonyl (C=O) groups is 1. The van der Waals surface area contributed by atoms with Gasteiger partial charge in [-0.25, -0.2) is 4.79 Å². The standard InChI is InChI=1S/C13H25N3OS/c1-13(2)10-16(8-9-18-13)12(17)14-6-7-15(3)11-4-5-11/h11H,4-10H2,1-3H3,(H,14,17). The van der Waals surface area contributed by atoms with Gasteiger partial charge < -0.3 is 15.1 Å². The van der Waals surface area contributed by atoms with E-state index < -0.39 is 0 Å². The van der Waals surface area contributed by atoms with Crippen molar-refractivity contribution in [2.75, 3.05) is 39.0 Å². The van der Waals surface area contributed by atoms with Crippen LogP contribution in [0.3, 0.4) is 0 Å². The second-order valence-electron chi connectivity index (χ2n) is 5.97. The lowest BCUT2D eigenvalue weighted by molar-refractivity contribution is 0.193. The van der Waals surface area contributed by atoms with Gasteiger partial charge in [-0.1, -0.05) is 0 Å². The Morgan fingerprint density at radius 2 is 2.22 bits per heavy atom. The molecule has 1 N–H and O–H groups in total. The van der Waals surface area contributed by atoms with Gasteiger partial charge in [-0.15, -0.1) is 0 Å². The van der Waals surface area contributed by atoms with Crippen molar-refractivity contribution < 1.29 is 4.79 Å².